The third-order valence-electron chi connectivity index (χ3n) is 4.43. The summed E-state index contributed by atoms with van der Waals surface area (Å²) in [5.41, 5.74) is 2.14. The lowest BCUT2D eigenvalue weighted by Gasteiger charge is -2.34. The Morgan fingerprint density at radius 2 is 1.65 bits per heavy atom. The fourth-order valence-electron chi connectivity index (χ4n) is 3.16. The molecule has 0 bridgehead atoms. The van der Waals surface area contributed by atoms with Gasteiger partial charge in [-0.3, -0.25) is 0 Å². The molecule has 0 unspecified atom stereocenters. The molecule has 2 aromatic carbocycles. The van der Waals surface area contributed by atoms with Crippen LogP contribution in [0.2, 0.25) is 0 Å². The molecule has 0 atom stereocenters. The van der Waals surface area contributed by atoms with Crippen molar-refractivity contribution in [1.29, 1.82) is 0 Å². The van der Waals surface area contributed by atoms with Gasteiger partial charge < -0.3 is 9.64 Å². The Kier molecular flexibility index (Phi) is 9.15. The highest BCUT2D eigenvalue weighted by atomic mass is 127. The van der Waals surface area contributed by atoms with Crippen molar-refractivity contribution in [2.45, 2.75) is 27.2 Å². The van der Waals surface area contributed by atoms with Gasteiger partial charge in [0.25, 0.3) is 6.43 Å². The van der Waals surface area contributed by atoms with Crippen LogP contribution in [-0.2, 0) is 0 Å². The number of ether oxygens (including phenoxy) is 1. The average molecular weight is 545 g/mol. The van der Waals surface area contributed by atoms with E-state index >= 15 is 8.78 Å². The minimum atomic E-state index is -2.74. The van der Waals surface area contributed by atoms with Gasteiger partial charge in [0.15, 0.2) is 0 Å². The highest BCUT2D eigenvalue weighted by Gasteiger charge is 2.29. The Bertz CT molecular complexity index is 963. The molecule has 0 aromatic heterocycles. The summed E-state index contributed by atoms with van der Waals surface area (Å²) in [6.45, 7) is 9.40. The van der Waals surface area contributed by atoms with Crippen LogP contribution >= 0.6 is 22.6 Å². The molecule has 166 valence electrons. The molecule has 0 amide bonds. The highest BCUT2D eigenvalue weighted by Crippen LogP contribution is 2.43. The Morgan fingerprint density at radius 3 is 2.16 bits per heavy atom. The van der Waals surface area contributed by atoms with E-state index in [9.17, 15) is 8.78 Å². The Morgan fingerprint density at radius 1 is 1.06 bits per heavy atom. The molecule has 0 spiro atoms. The van der Waals surface area contributed by atoms with Crippen LogP contribution in [0.25, 0.3) is 11.3 Å². The maximum atomic E-state index is 15.0. The van der Waals surface area contributed by atoms with Crippen molar-refractivity contribution in [3.63, 3.8) is 0 Å². The molecule has 2 aromatic rings. The molecule has 7 heteroatoms. The average Bonchev–Trinajstić information content (AvgIpc) is 2.76. The minimum absolute atomic E-state index is 0.253. The predicted octanol–water partition coefficient (Wildman–Crippen LogP) is 7.67. The first kappa shape index (κ1) is 25.0. The first-order valence-electron chi connectivity index (χ1n) is 9.87. The lowest BCUT2D eigenvalue weighted by Crippen LogP contribution is -2.25. The van der Waals surface area contributed by atoms with Crippen molar-refractivity contribution < 1.29 is 22.3 Å². The SMILES string of the molecule is C=C1C(I)=CC(c2ccccc2)=C(c2c(F)cc(OCC(F)F)cc2F)N1CC.CC. The van der Waals surface area contributed by atoms with E-state index in [1.54, 1.807) is 4.90 Å². The van der Waals surface area contributed by atoms with E-state index in [1.807, 2.05) is 57.2 Å². The quantitative estimate of drug-likeness (QED) is 0.273. The molecule has 0 radical (unpaired) electrons. The number of likely N-dealkylation sites (N-methyl/N-ethyl adjacent to an activating group) is 1. The molecule has 2 nitrogen and oxygen atoms in total. The fraction of sp³-hybridized carbons (Fsp3) is 0.250. The van der Waals surface area contributed by atoms with Crippen LogP contribution in [-0.4, -0.2) is 24.5 Å². The number of halogens is 5. The van der Waals surface area contributed by atoms with E-state index in [0.29, 0.717) is 23.5 Å². The van der Waals surface area contributed by atoms with Crippen molar-refractivity contribution in [3.8, 4) is 5.75 Å². The maximum Gasteiger partial charge on any atom is 0.272 e. The molecule has 0 aliphatic carbocycles. The molecule has 0 saturated carbocycles. The van der Waals surface area contributed by atoms with Gasteiger partial charge >= 0.3 is 0 Å². The number of alkyl halides is 2. The summed E-state index contributed by atoms with van der Waals surface area (Å²) in [6, 6.07) is 11.1. The van der Waals surface area contributed by atoms with Crippen molar-refractivity contribution in [3.05, 3.63) is 87.2 Å². The Hall–Kier alpha value is -2.29. The zero-order valence-corrected chi connectivity index (χ0v) is 19.7. The summed E-state index contributed by atoms with van der Waals surface area (Å²) < 4.78 is 60.4. The second-order valence-electron chi connectivity index (χ2n) is 6.28. The number of rotatable bonds is 6. The zero-order chi connectivity index (χ0) is 23.1. The van der Waals surface area contributed by atoms with E-state index in [4.69, 9.17) is 4.74 Å². The fourth-order valence-corrected chi connectivity index (χ4v) is 3.77. The molecule has 0 saturated heterocycles. The predicted molar refractivity (Wildman–Crippen MR) is 126 cm³/mol. The number of nitrogens with zero attached hydrogens (tertiary/aromatic N) is 1. The second-order valence-corrected chi connectivity index (χ2v) is 7.44. The molecule has 31 heavy (non-hydrogen) atoms. The van der Waals surface area contributed by atoms with E-state index in [0.717, 1.165) is 21.3 Å². The monoisotopic (exact) mass is 545 g/mol. The van der Waals surface area contributed by atoms with Crippen LogP contribution in [0.5, 0.6) is 5.75 Å². The van der Waals surface area contributed by atoms with Gasteiger partial charge in [0.2, 0.25) is 0 Å². The third kappa shape index (κ3) is 5.70. The first-order valence-corrected chi connectivity index (χ1v) is 11.0. The van der Waals surface area contributed by atoms with Gasteiger partial charge in [-0.1, -0.05) is 50.8 Å². The van der Waals surface area contributed by atoms with Gasteiger partial charge in [-0.2, -0.15) is 0 Å². The molecular formula is C24H24F4INO. The van der Waals surface area contributed by atoms with Gasteiger partial charge in [0.05, 0.1) is 11.3 Å². The molecule has 1 aliphatic heterocycles. The minimum Gasteiger partial charge on any atom is -0.487 e. The van der Waals surface area contributed by atoms with Gasteiger partial charge in [0.1, 0.15) is 24.0 Å². The highest BCUT2D eigenvalue weighted by molar-refractivity contribution is 14.1. The standard InChI is InChI=1S/C22H18F4INO.C2H6/c1-3-28-13(2)19(27)11-16(14-7-5-4-6-8-14)22(28)21-17(23)9-15(10-18(21)24)29-12-20(25)26;1-2/h4-11,20H,2-3,12H2,1H3;1-2H3. The van der Waals surface area contributed by atoms with E-state index in [1.165, 1.54) is 0 Å². The first-order chi connectivity index (χ1) is 14.8. The van der Waals surface area contributed by atoms with Crippen molar-refractivity contribution in [1.82, 2.24) is 4.90 Å². The molecule has 1 heterocycles. The second kappa shape index (κ2) is 11.4. The van der Waals surface area contributed by atoms with Gasteiger partial charge in [-0.05, 0) is 41.2 Å². The lowest BCUT2D eigenvalue weighted by molar-refractivity contribution is 0.0815. The van der Waals surface area contributed by atoms with Crippen LogP contribution in [0.4, 0.5) is 17.6 Å². The van der Waals surface area contributed by atoms with Gasteiger partial charge in [-0.25, -0.2) is 17.6 Å². The maximum absolute atomic E-state index is 15.0. The summed E-state index contributed by atoms with van der Waals surface area (Å²) in [4.78, 5) is 1.74. The molecule has 1 aliphatic rings. The molecule has 0 fully saturated rings. The van der Waals surface area contributed by atoms with Crippen LogP contribution in [0.15, 0.2) is 64.4 Å². The zero-order valence-electron chi connectivity index (χ0n) is 17.6. The summed E-state index contributed by atoms with van der Waals surface area (Å²) in [6.07, 6.45) is -0.905. The van der Waals surface area contributed by atoms with Gasteiger partial charge in [0, 0.05) is 33.5 Å². The Balaban J connectivity index is 0.00000166. The van der Waals surface area contributed by atoms with Crippen molar-refractivity contribution in [2.24, 2.45) is 0 Å². The van der Waals surface area contributed by atoms with E-state index in [-0.39, 0.29) is 11.3 Å². The third-order valence-corrected chi connectivity index (χ3v) is 5.36. The van der Waals surface area contributed by atoms with Crippen LogP contribution < -0.4 is 4.74 Å². The number of hydrogen-bond acceptors (Lipinski definition) is 2. The largest absolute Gasteiger partial charge is 0.487 e. The van der Waals surface area contributed by atoms with Crippen LogP contribution in [0.1, 0.15) is 31.9 Å². The summed E-state index contributed by atoms with van der Waals surface area (Å²) in [7, 11) is 0. The van der Waals surface area contributed by atoms with E-state index < -0.39 is 24.7 Å². The lowest BCUT2D eigenvalue weighted by atomic mass is 9.94. The van der Waals surface area contributed by atoms with E-state index in [2.05, 4.69) is 29.2 Å². The number of allylic oxidation sites excluding steroid dienone is 3. The van der Waals surface area contributed by atoms with Crippen molar-refractivity contribution >= 4 is 33.9 Å². The summed E-state index contributed by atoms with van der Waals surface area (Å²) >= 11 is 2.14. The number of hydrogen-bond donors (Lipinski definition) is 0. The molecule has 3 rings (SSSR count). The molecule has 0 N–H and O–H groups in total. The normalized spacial score (nSPS) is 13.8. The number of benzene rings is 2. The summed E-state index contributed by atoms with van der Waals surface area (Å²) in [5.74, 6) is -2.07. The van der Waals surface area contributed by atoms with Crippen LogP contribution in [0.3, 0.4) is 0 Å². The summed E-state index contributed by atoms with van der Waals surface area (Å²) in [5, 5.41) is 0. The smallest absolute Gasteiger partial charge is 0.272 e. The van der Waals surface area contributed by atoms with Gasteiger partial charge in [-0.15, -0.1) is 0 Å². The molecular weight excluding hydrogens is 521 g/mol. The Labute approximate surface area is 194 Å². The van der Waals surface area contributed by atoms with Crippen LogP contribution in [0, 0.1) is 11.6 Å². The topological polar surface area (TPSA) is 12.5 Å². The van der Waals surface area contributed by atoms with Crippen molar-refractivity contribution in [2.75, 3.05) is 13.2 Å².